The lowest BCUT2D eigenvalue weighted by Crippen LogP contribution is -2.37. The molecule has 0 saturated carbocycles. The Labute approximate surface area is 128 Å². The summed E-state index contributed by atoms with van der Waals surface area (Å²) in [5.74, 6) is 0. The molecule has 1 aliphatic carbocycles. The summed E-state index contributed by atoms with van der Waals surface area (Å²) in [5.41, 5.74) is 3.18. The van der Waals surface area contributed by atoms with Gasteiger partial charge in [-0.25, -0.2) is 0 Å². The second-order valence-corrected chi connectivity index (χ2v) is 7.11. The Bertz CT molecular complexity index is 410. The van der Waals surface area contributed by atoms with Gasteiger partial charge in [-0.1, -0.05) is 33.3 Å². The molecule has 112 valence electrons. The number of fused-ring (bicyclic) bond motifs is 1. The smallest absolute Gasteiger partial charge is 0.0245 e. The van der Waals surface area contributed by atoms with Gasteiger partial charge in [0.15, 0.2) is 0 Å². The molecular formula is C18H29NS. The first kappa shape index (κ1) is 15.9. The Balaban J connectivity index is 2.04. The highest BCUT2D eigenvalue weighted by Gasteiger charge is 2.20. The van der Waals surface area contributed by atoms with Gasteiger partial charge in [-0.2, -0.15) is 0 Å². The largest absolute Gasteiger partial charge is 0.313 e. The van der Waals surface area contributed by atoms with Crippen LogP contribution in [0.25, 0.3) is 0 Å². The van der Waals surface area contributed by atoms with Crippen LogP contribution in [0.15, 0.2) is 23.1 Å². The van der Waals surface area contributed by atoms with Gasteiger partial charge < -0.3 is 5.32 Å². The second-order valence-electron chi connectivity index (χ2n) is 5.80. The van der Waals surface area contributed by atoms with Crippen molar-refractivity contribution in [3.8, 4) is 0 Å². The van der Waals surface area contributed by atoms with E-state index in [0.29, 0.717) is 11.3 Å². The molecule has 1 nitrogen and oxygen atoms in total. The average molecular weight is 292 g/mol. The van der Waals surface area contributed by atoms with Crippen molar-refractivity contribution in [2.75, 3.05) is 6.54 Å². The monoisotopic (exact) mass is 291 g/mol. The van der Waals surface area contributed by atoms with E-state index in [2.05, 4.69) is 56.0 Å². The maximum absolute atomic E-state index is 3.69. The zero-order valence-electron chi connectivity index (χ0n) is 13.2. The molecule has 0 amide bonds. The summed E-state index contributed by atoms with van der Waals surface area (Å²) in [5, 5.41) is 4.38. The molecule has 0 fully saturated rings. The molecule has 2 atom stereocenters. The first-order chi connectivity index (χ1) is 9.78. The number of benzene rings is 1. The molecule has 1 N–H and O–H groups in total. The number of thioether (sulfide) groups is 1. The molecule has 1 aromatic carbocycles. The normalized spacial score (nSPS) is 16.9. The van der Waals surface area contributed by atoms with Gasteiger partial charge in [0.25, 0.3) is 0 Å². The molecule has 0 bridgehead atoms. The molecule has 0 heterocycles. The third kappa shape index (κ3) is 4.02. The second kappa shape index (κ2) is 8.09. The van der Waals surface area contributed by atoms with E-state index in [9.17, 15) is 0 Å². The van der Waals surface area contributed by atoms with Gasteiger partial charge in [0, 0.05) is 16.2 Å². The molecule has 1 aromatic rings. The number of nitrogens with one attached hydrogen (secondary N) is 1. The van der Waals surface area contributed by atoms with E-state index in [1.165, 1.54) is 43.4 Å². The summed E-state index contributed by atoms with van der Waals surface area (Å²) in [4.78, 5) is 1.47. The molecule has 20 heavy (non-hydrogen) atoms. The highest BCUT2D eigenvalue weighted by atomic mass is 32.2. The molecule has 1 aliphatic rings. The fourth-order valence-corrected chi connectivity index (χ4v) is 4.51. The average Bonchev–Trinajstić information content (AvgIpc) is 2.92. The van der Waals surface area contributed by atoms with Gasteiger partial charge >= 0.3 is 0 Å². The number of hydrogen-bond acceptors (Lipinski definition) is 2. The summed E-state index contributed by atoms with van der Waals surface area (Å²) in [6.45, 7) is 7.91. The Morgan fingerprint density at radius 1 is 1.15 bits per heavy atom. The predicted octanol–water partition coefficient (Wildman–Crippen LogP) is 4.82. The van der Waals surface area contributed by atoms with Gasteiger partial charge in [-0.3, -0.25) is 0 Å². The Morgan fingerprint density at radius 2 is 1.95 bits per heavy atom. The first-order valence-corrected chi connectivity index (χ1v) is 9.18. The van der Waals surface area contributed by atoms with Crippen molar-refractivity contribution in [3.05, 3.63) is 29.3 Å². The third-order valence-corrected chi connectivity index (χ3v) is 5.77. The van der Waals surface area contributed by atoms with Crippen LogP contribution < -0.4 is 5.32 Å². The van der Waals surface area contributed by atoms with E-state index in [-0.39, 0.29) is 0 Å². The number of hydrogen-bond donors (Lipinski definition) is 1. The van der Waals surface area contributed by atoms with Crippen LogP contribution in [0.4, 0.5) is 0 Å². The van der Waals surface area contributed by atoms with Crippen molar-refractivity contribution in [2.24, 2.45) is 0 Å². The molecule has 0 aliphatic heterocycles. The highest BCUT2D eigenvalue weighted by molar-refractivity contribution is 8.00. The maximum atomic E-state index is 3.69. The van der Waals surface area contributed by atoms with Gasteiger partial charge in [-0.05, 0) is 61.9 Å². The van der Waals surface area contributed by atoms with Gasteiger partial charge in [0.2, 0.25) is 0 Å². The number of aryl methyl sites for hydroxylation is 2. The lowest BCUT2D eigenvalue weighted by molar-refractivity contribution is 0.465. The van der Waals surface area contributed by atoms with Crippen LogP contribution >= 0.6 is 11.8 Å². The van der Waals surface area contributed by atoms with Crippen molar-refractivity contribution in [3.63, 3.8) is 0 Å². The van der Waals surface area contributed by atoms with Gasteiger partial charge in [0.05, 0.1) is 0 Å². The van der Waals surface area contributed by atoms with E-state index in [1.54, 1.807) is 11.1 Å². The SMILES string of the molecule is CCCC(NCC)C(CC)Sc1ccc2c(c1)CCC2. The molecular weight excluding hydrogens is 262 g/mol. The standard InChI is InChI=1S/C18H29NS/c1-4-8-17(19-6-3)18(5-2)20-16-12-11-14-9-7-10-15(14)13-16/h11-13,17-19H,4-10H2,1-3H3. The molecule has 0 aromatic heterocycles. The number of rotatable bonds is 8. The quantitative estimate of drug-likeness (QED) is 0.689. The van der Waals surface area contributed by atoms with Gasteiger partial charge in [0.1, 0.15) is 0 Å². The minimum Gasteiger partial charge on any atom is -0.313 e. The zero-order chi connectivity index (χ0) is 14.4. The van der Waals surface area contributed by atoms with E-state index in [4.69, 9.17) is 0 Å². The van der Waals surface area contributed by atoms with Crippen LogP contribution in [-0.2, 0) is 12.8 Å². The van der Waals surface area contributed by atoms with Crippen molar-refractivity contribution in [1.82, 2.24) is 5.32 Å². The topological polar surface area (TPSA) is 12.0 Å². The summed E-state index contributed by atoms with van der Waals surface area (Å²) in [6, 6.07) is 7.80. The van der Waals surface area contributed by atoms with Crippen LogP contribution in [0.5, 0.6) is 0 Å². The molecule has 2 unspecified atom stereocenters. The van der Waals surface area contributed by atoms with E-state index in [0.717, 1.165) is 6.54 Å². The van der Waals surface area contributed by atoms with Crippen LogP contribution in [0.3, 0.4) is 0 Å². The fourth-order valence-electron chi connectivity index (χ4n) is 3.24. The van der Waals surface area contributed by atoms with Crippen LogP contribution in [0.2, 0.25) is 0 Å². The van der Waals surface area contributed by atoms with E-state index >= 15 is 0 Å². The van der Waals surface area contributed by atoms with E-state index < -0.39 is 0 Å². The van der Waals surface area contributed by atoms with Crippen LogP contribution in [0.1, 0.15) is 57.6 Å². The highest BCUT2D eigenvalue weighted by Crippen LogP contribution is 2.32. The molecule has 2 heteroatoms. The third-order valence-electron chi connectivity index (χ3n) is 4.27. The van der Waals surface area contributed by atoms with Crippen LogP contribution in [0, 0.1) is 0 Å². The minimum absolute atomic E-state index is 0.647. The minimum atomic E-state index is 0.647. The van der Waals surface area contributed by atoms with Crippen molar-refractivity contribution < 1.29 is 0 Å². The van der Waals surface area contributed by atoms with Crippen molar-refractivity contribution in [1.29, 1.82) is 0 Å². The molecule has 0 saturated heterocycles. The lowest BCUT2D eigenvalue weighted by Gasteiger charge is -2.26. The molecule has 0 spiro atoms. The zero-order valence-corrected chi connectivity index (χ0v) is 14.1. The van der Waals surface area contributed by atoms with Crippen LogP contribution in [-0.4, -0.2) is 17.8 Å². The van der Waals surface area contributed by atoms with E-state index in [1.807, 2.05) is 0 Å². The fraction of sp³-hybridized carbons (Fsp3) is 0.667. The summed E-state index contributed by atoms with van der Waals surface area (Å²) < 4.78 is 0. The first-order valence-electron chi connectivity index (χ1n) is 8.30. The predicted molar refractivity (Wildman–Crippen MR) is 90.8 cm³/mol. The molecule has 2 rings (SSSR count). The van der Waals surface area contributed by atoms with Crippen molar-refractivity contribution >= 4 is 11.8 Å². The summed E-state index contributed by atoms with van der Waals surface area (Å²) in [7, 11) is 0. The summed E-state index contributed by atoms with van der Waals surface area (Å²) in [6.07, 6.45) is 7.69. The molecule has 0 radical (unpaired) electrons. The summed E-state index contributed by atoms with van der Waals surface area (Å²) >= 11 is 2.08. The lowest BCUT2D eigenvalue weighted by atomic mass is 10.1. The Hall–Kier alpha value is -0.470. The Morgan fingerprint density at radius 3 is 2.65 bits per heavy atom. The Kier molecular flexibility index (Phi) is 6.44. The maximum Gasteiger partial charge on any atom is 0.0245 e. The van der Waals surface area contributed by atoms with Crippen molar-refractivity contribution in [2.45, 2.75) is 75.5 Å². The van der Waals surface area contributed by atoms with Gasteiger partial charge in [-0.15, -0.1) is 11.8 Å².